The number of hydrogen-bond acceptors (Lipinski definition) is 4. The molecule has 0 heterocycles. The molecule has 0 bridgehead atoms. The van der Waals surface area contributed by atoms with E-state index >= 15 is 0 Å². The molecule has 2 rings (SSSR count). The maximum Gasteiger partial charge on any atom is 0.175 e. The van der Waals surface area contributed by atoms with E-state index in [-0.39, 0.29) is 6.04 Å². The molecular formula is C16H19NO2S2. The average molecular weight is 321 g/mol. The van der Waals surface area contributed by atoms with E-state index in [1.165, 1.54) is 6.26 Å². The van der Waals surface area contributed by atoms with Gasteiger partial charge in [0, 0.05) is 22.1 Å². The second-order valence-electron chi connectivity index (χ2n) is 4.93. The fraction of sp³-hybridized carbons (Fsp3) is 0.250. The normalized spacial score (nSPS) is 13.1. The quantitative estimate of drug-likeness (QED) is 0.913. The molecular weight excluding hydrogens is 302 g/mol. The van der Waals surface area contributed by atoms with E-state index in [0.29, 0.717) is 4.90 Å². The van der Waals surface area contributed by atoms with Crippen LogP contribution in [0, 0.1) is 0 Å². The summed E-state index contributed by atoms with van der Waals surface area (Å²) in [5.74, 6) is 0. The number of rotatable bonds is 5. The zero-order valence-electron chi connectivity index (χ0n) is 12.1. The predicted octanol–water partition coefficient (Wildman–Crippen LogP) is 3.65. The van der Waals surface area contributed by atoms with Crippen molar-refractivity contribution in [2.75, 3.05) is 6.26 Å². The van der Waals surface area contributed by atoms with Gasteiger partial charge in [0.2, 0.25) is 0 Å². The van der Waals surface area contributed by atoms with E-state index in [2.05, 4.69) is 6.92 Å². The molecule has 1 unspecified atom stereocenters. The molecule has 0 amide bonds. The van der Waals surface area contributed by atoms with Crippen molar-refractivity contribution in [3.8, 4) is 0 Å². The van der Waals surface area contributed by atoms with Gasteiger partial charge in [-0.1, -0.05) is 30.8 Å². The van der Waals surface area contributed by atoms with Gasteiger partial charge >= 0.3 is 0 Å². The van der Waals surface area contributed by atoms with Crippen LogP contribution in [-0.4, -0.2) is 14.7 Å². The average Bonchev–Trinajstić information content (AvgIpc) is 2.47. The third-order valence-electron chi connectivity index (χ3n) is 3.24. The topological polar surface area (TPSA) is 60.2 Å². The zero-order valence-corrected chi connectivity index (χ0v) is 13.7. The summed E-state index contributed by atoms with van der Waals surface area (Å²) in [6.07, 6.45) is 2.13. The summed E-state index contributed by atoms with van der Waals surface area (Å²) in [5, 5.41) is 0. The molecule has 2 N–H and O–H groups in total. The lowest BCUT2D eigenvalue weighted by atomic mass is 10.1. The Morgan fingerprint density at radius 3 is 1.90 bits per heavy atom. The fourth-order valence-corrected chi connectivity index (χ4v) is 3.36. The number of hydrogen-bond donors (Lipinski definition) is 1. The molecule has 5 heteroatoms. The van der Waals surface area contributed by atoms with Crippen LogP contribution >= 0.6 is 11.8 Å². The van der Waals surface area contributed by atoms with E-state index in [0.717, 1.165) is 21.8 Å². The van der Waals surface area contributed by atoms with E-state index in [1.54, 1.807) is 23.9 Å². The van der Waals surface area contributed by atoms with Gasteiger partial charge in [-0.15, -0.1) is 0 Å². The monoisotopic (exact) mass is 321 g/mol. The van der Waals surface area contributed by atoms with Crippen LogP contribution in [0.25, 0.3) is 0 Å². The highest BCUT2D eigenvalue weighted by Crippen LogP contribution is 2.29. The van der Waals surface area contributed by atoms with Crippen LogP contribution in [0.3, 0.4) is 0 Å². The maximum absolute atomic E-state index is 11.4. The lowest BCUT2D eigenvalue weighted by Gasteiger charge is -2.09. The van der Waals surface area contributed by atoms with Gasteiger partial charge in [0.05, 0.1) is 4.90 Å². The van der Waals surface area contributed by atoms with Crippen molar-refractivity contribution in [3.05, 3.63) is 54.1 Å². The van der Waals surface area contributed by atoms with Crippen LogP contribution in [0.4, 0.5) is 0 Å². The van der Waals surface area contributed by atoms with Crippen molar-refractivity contribution in [2.24, 2.45) is 5.73 Å². The standard InChI is InChI=1S/C16H19NO2S2/c1-3-16(17)12-4-6-13(7-5-12)20-14-8-10-15(11-9-14)21(2,18)19/h4-11,16H,3,17H2,1-2H3. The first-order valence-corrected chi connectivity index (χ1v) is 9.44. The predicted molar refractivity (Wildman–Crippen MR) is 87.3 cm³/mol. The largest absolute Gasteiger partial charge is 0.324 e. The molecule has 0 saturated heterocycles. The molecule has 3 nitrogen and oxygen atoms in total. The van der Waals surface area contributed by atoms with Crippen LogP contribution in [0.1, 0.15) is 24.9 Å². The first-order valence-electron chi connectivity index (χ1n) is 6.73. The summed E-state index contributed by atoms with van der Waals surface area (Å²) in [7, 11) is -3.13. The minimum Gasteiger partial charge on any atom is -0.324 e. The molecule has 21 heavy (non-hydrogen) atoms. The molecule has 2 aromatic carbocycles. The van der Waals surface area contributed by atoms with Crippen LogP contribution in [0.5, 0.6) is 0 Å². The van der Waals surface area contributed by atoms with Gasteiger partial charge < -0.3 is 5.73 Å². The third-order valence-corrected chi connectivity index (χ3v) is 5.38. The lowest BCUT2D eigenvalue weighted by Crippen LogP contribution is -2.07. The van der Waals surface area contributed by atoms with Gasteiger partial charge in [-0.3, -0.25) is 0 Å². The van der Waals surface area contributed by atoms with Crippen LogP contribution in [0.15, 0.2) is 63.2 Å². The highest BCUT2D eigenvalue weighted by Gasteiger charge is 2.07. The summed E-state index contributed by atoms with van der Waals surface area (Å²) < 4.78 is 22.8. The van der Waals surface area contributed by atoms with Gasteiger partial charge in [-0.2, -0.15) is 0 Å². The number of sulfone groups is 1. The van der Waals surface area contributed by atoms with Gasteiger partial charge in [0.1, 0.15) is 0 Å². The van der Waals surface area contributed by atoms with Crippen molar-refractivity contribution in [1.29, 1.82) is 0 Å². The van der Waals surface area contributed by atoms with Crippen LogP contribution in [0.2, 0.25) is 0 Å². The SMILES string of the molecule is CCC(N)c1ccc(Sc2ccc(S(C)(=O)=O)cc2)cc1. The van der Waals surface area contributed by atoms with Crippen LogP contribution < -0.4 is 5.73 Å². The Morgan fingerprint density at radius 2 is 1.48 bits per heavy atom. The Balaban J connectivity index is 2.11. The molecule has 112 valence electrons. The number of nitrogens with two attached hydrogens (primary N) is 1. The smallest absolute Gasteiger partial charge is 0.175 e. The Bertz CT molecular complexity index is 692. The van der Waals surface area contributed by atoms with Crippen molar-refractivity contribution >= 4 is 21.6 Å². The summed E-state index contributed by atoms with van der Waals surface area (Å²) >= 11 is 1.60. The van der Waals surface area contributed by atoms with Crippen LogP contribution in [-0.2, 0) is 9.84 Å². The van der Waals surface area contributed by atoms with E-state index < -0.39 is 9.84 Å². The molecule has 1 atom stereocenters. The molecule has 0 spiro atoms. The Morgan fingerprint density at radius 1 is 1.00 bits per heavy atom. The summed E-state index contributed by atoms with van der Waals surface area (Å²) in [5.41, 5.74) is 7.12. The first-order chi connectivity index (χ1) is 9.90. The van der Waals surface area contributed by atoms with Crippen molar-refractivity contribution in [1.82, 2.24) is 0 Å². The van der Waals surface area contributed by atoms with Gasteiger partial charge in [-0.25, -0.2) is 8.42 Å². The Hall–Kier alpha value is -1.30. The Labute approximate surface area is 130 Å². The molecule has 0 fully saturated rings. The van der Waals surface area contributed by atoms with Crippen molar-refractivity contribution < 1.29 is 8.42 Å². The minimum absolute atomic E-state index is 0.0816. The van der Waals surface area contributed by atoms with Gasteiger partial charge in [-0.05, 0) is 48.4 Å². The second kappa shape index (κ2) is 6.64. The molecule has 0 radical (unpaired) electrons. The molecule has 2 aromatic rings. The second-order valence-corrected chi connectivity index (χ2v) is 8.09. The molecule has 0 aliphatic carbocycles. The van der Waals surface area contributed by atoms with E-state index in [4.69, 9.17) is 5.73 Å². The van der Waals surface area contributed by atoms with Crippen molar-refractivity contribution in [2.45, 2.75) is 34.1 Å². The molecule has 0 aliphatic rings. The molecule has 0 saturated carbocycles. The van der Waals surface area contributed by atoms with Crippen molar-refractivity contribution in [3.63, 3.8) is 0 Å². The van der Waals surface area contributed by atoms with E-state index in [9.17, 15) is 8.42 Å². The molecule has 0 aromatic heterocycles. The summed E-state index contributed by atoms with van der Waals surface area (Å²) in [6, 6.07) is 15.2. The first kappa shape index (κ1) is 16.1. The third kappa shape index (κ3) is 4.33. The minimum atomic E-state index is -3.13. The maximum atomic E-state index is 11.4. The summed E-state index contributed by atoms with van der Waals surface area (Å²) in [6.45, 7) is 2.07. The fourth-order valence-electron chi connectivity index (χ4n) is 1.91. The highest BCUT2D eigenvalue weighted by atomic mass is 32.2. The lowest BCUT2D eigenvalue weighted by molar-refractivity contribution is 0.602. The van der Waals surface area contributed by atoms with Gasteiger partial charge in [0.15, 0.2) is 9.84 Å². The molecule has 0 aliphatic heterocycles. The van der Waals surface area contributed by atoms with Gasteiger partial charge in [0.25, 0.3) is 0 Å². The Kier molecular flexibility index (Phi) is 5.08. The highest BCUT2D eigenvalue weighted by molar-refractivity contribution is 7.99. The zero-order chi connectivity index (χ0) is 15.5. The summed E-state index contributed by atoms with van der Waals surface area (Å²) in [4.78, 5) is 2.46. The van der Waals surface area contributed by atoms with E-state index in [1.807, 2.05) is 36.4 Å². The number of benzene rings is 2.